The molecule has 1 aliphatic rings. The number of carboxylic acid groups (broad SMARTS) is 1. The Bertz CT molecular complexity index is 957. The Morgan fingerprint density at radius 2 is 2.00 bits per heavy atom. The fourth-order valence-electron chi connectivity index (χ4n) is 3.36. The molecule has 0 aliphatic carbocycles. The van der Waals surface area contributed by atoms with Gasteiger partial charge in [-0.25, -0.2) is 9.78 Å². The van der Waals surface area contributed by atoms with E-state index in [9.17, 15) is 19.5 Å². The maximum atomic E-state index is 12.4. The molecule has 0 bridgehead atoms. The monoisotopic (exact) mass is 431 g/mol. The molecule has 2 aromatic rings. The number of carboxylic acids is 1. The standard InChI is InChI=1S/C21H22ClN3O5/c1-2-30-21(29)13-6-8-25(9-7-13)18-17(20(27)28)11-16(12-23-18)24-19(26)14-4-3-5-15(22)10-14/h3-5,10-13H,2,6-9H2,1H3,(H,24,26)(H,27,28). The van der Waals surface area contributed by atoms with Gasteiger partial charge in [0.15, 0.2) is 0 Å². The molecule has 9 heteroatoms. The number of piperidine rings is 1. The van der Waals surface area contributed by atoms with Gasteiger partial charge in [0.25, 0.3) is 5.91 Å². The number of nitrogens with zero attached hydrogens (tertiary/aromatic N) is 2. The number of hydrogen-bond donors (Lipinski definition) is 2. The fraction of sp³-hybridized carbons (Fsp3) is 0.333. The molecule has 0 atom stereocenters. The van der Waals surface area contributed by atoms with Gasteiger partial charge in [-0.2, -0.15) is 0 Å². The van der Waals surface area contributed by atoms with Crippen LogP contribution < -0.4 is 10.2 Å². The number of hydrogen-bond acceptors (Lipinski definition) is 6. The molecule has 2 N–H and O–H groups in total. The lowest BCUT2D eigenvalue weighted by Crippen LogP contribution is -2.38. The minimum atomic E-state index is -1.15. The maximum absolute atomic E-state index is 12.4. The highest BCUT2D eigenvalue weighted by molar-refractivity contribution is 6.31. The predicted octanol–water partition coefficient (Wildman–Crippen LogP) is 3.47. The van der Waals surface area contributed by atoms with Crippen molar-refractivity contribution in [3.8, 4) is 0 Å². The van der Waals surface area contributed by atoms with Crippen LogP contribution in [0.3, 0.4) is 0 Å². The van der Waals surface area contributed by atoms with Crippen molar-refractivity contribution in [2.24, 2.45) is 5.92 Å². The smallest absolute Gasteiger partial charge is 0.339 e. The van der Waals surface area contributed by atoms with E-state index in [0.29, 0.717) is 48.9 Å². The lowest BCUT2D eigenvalue weighted by atomic mass is 9.96. The molecular formula is C21H22ClN3O5. The van der Waals surface area contributed by atoms with Crippen molar-refractivity contribution < 1.29 is 24.2 Å². The molecule has 1 fully saturated rings. The number of aromatic carboxylic acids is 1. The van der Waals surface area contributed by atoms with Crippen LogP contribution in [0.25, 0.3) is 0 Å². The van der Waals surface area contributed by atoms with Crippen molar-refractivity contribution in [3.05, 3.63) is 52.7 Å². The number of rotatable bonds is 6. The SMILES string of the molecule is CCOC(=O)C1CCN(c2ncc(NC(=O)c3cccc(Cl)c3)cc2C(=O)O)CC1. The topological polar surface area (TPSA) is 109 Å². The Hall–Kier alpha value is -3.13. The van der Waals surface area contributed by atoms with E-state index in [-0.39, 0.29) is 23.1 Å². The number of carbonyl (C=O) groups is 3. The second-order valence-corrected chi connectivity index (χ2v) is 7.31. The maximum Gasteiger partial charge on any atom is 0.339 e. The molecule has 0 unspecified atom stereocenters. The number of nitrogens with one attached hydrogen (secondary N) is 1. The van der Waals surface area contributed by atoms with Crippen LogP contribution in [0, 0.1) is 5.92 Å². The number of pyridine rings is 1. The van der Waals surface area contributed by atoms with Gasteiger partial charge in [-0.15, -0.1) is 0 Å². The van der Waals surface area contributed by atoms with E-state index in [4.69, 9.17) is 16.3 Å². The lowest BCUT2D eigenvalue weighted by molar-refractivity contribution is -0.148. The Balaban J connectivity index is 1.74. The normalized spacial score (nSPS) is 14.3. The van der Waals surface area contributed by atoms with Crippen LogP contribution >= 0.6 is 11.6 Å². The zero-order chi connectivity index (χ0) is 21.7. The third-order valence-electron chi connectivity index (χ3n) is 4.86. The van der Waals surface area contributed by atoms with Crippen LogP contribution in [0.2, 0.25) is 5.02 Å². The predicted molar refractivity (Wildman–Crippen MR) is 112 cm³/mol. The largest absolute Gasteiger partial charge is 0.478 e. The van der Waals surface area contributed by atoms with E-state index in [1.54, 1.807) is 25.1 Å². The van der Waals surface area contributed by atoms with Gasteiger partial charge in [-0.3, -0.25) is 9.59 Å². The zero-order valence-corrected chi connectivity index (χ0v) is 17.2. The number of benzene rings is 1. The molecule has 30 heavy (non-hydrogen) atoms. The minimum Gasteiger partial charge on any atom is -0.478 e. The Morgan fingerprint density at radius 3 is 2.63 bits per heavy atom. The molecule has 1 aliphatic heterocycles. The number of aromatic nitrogens is 1. The van der Waals surface area contributed by atoms with Crippen molar-refractivity contribution >= 4 is 41.0 Å². The van der Waals surface area contributed by atoms with Crippen LogP contribution in [-0.4, -0.2) is 47.6 Å². The molecular weight excluding hydrogens is 410 g/mol. The van der Waals surface area contributed by atoms with Crippen LogP contribution in [-0.2, 0) is 9.53 Å². The van der Waals surface area contributed by atoms with Crippen molar-refractivity contribution in [3.63, 3.8) is 0 Å². The fourth-order valence-corrected chi connectivity index (χ4v) is 3.55. The van der Waals surface area contributed by atoms with Gasteiger partial charge in [-0.1, -0.05) is 17.7 Å². The Labute approximate surface area is 178 Å². The van der Waals surface area contributed by atoms with Crippen LogP contribution in [0.15, 0.2) is 36.5 Å². The first-order valence-corrected chi connectivity index (χ1v) is 9.98. The van der Waals surface area contributed by atoms with Crippen LogP contribution in [0.4, 0.5) is 11.5 Å². The second kappa shape index (κ2) is 9.58. The van der Waals surface area contributed by atoms with Crippen molar-refractivity contribution in [1.82, 2.24) is 4.98 Å². The molecule has 8 nitrogen and oxygen atoms in total. The highest BCUT2D eigenvalue weighted by Gasteiger charge is 2.28. The number of esters is 1. The third-order valence-corrected chi connectivity index (χ3v) is 5.09. The Kier molecular flexibility index (Phi) is 6.89. The first kappa shape index (κ1) is 21.6. The van der Waals surface area contributed by atoms with Gasteiger partial charge in [0.1, 0.15) is 11.4 Å². The van der Waals surface area contributed by atoms with Crippen molar-refractivity contribution in [2.75, 3.05) is 29.9 Å². The first-order valence-electron chi connectivity index (χ1n) is 9.61. The summed E-state index contributed by atoms with van der Waals surface area (Å²) in [7, 11) is 0. The van der Waals surface area contributed by atoms with E-state index in [1.165, 1.54) is 18.3 Å². The van der Waals surface area contributed by atoms with E-state index < -0.39 is 11.9 Å². The molecule has 1 aromatic carbocycles. The number of carbonyl (C=O) groups excluding carboxylic acids is 2. The summed E-state index contributed by atoms with van der Waals surface area (Å²) >= 11 is 5.91. The molecule has 1 aromatic heterocycles. The van der Waals surface area contributed by atoms with Gasteiger partial charge < -0.3 is 20.1 Å². The molecule has 158 valence electrons. The quantitative estimate of drug-likeness (QED) is 0.674. The highest BCUT2D eigenvalue weighted by atomic mass is 35.5. The average molecular weight is 432 g/mol. The number of ether oxygens (including phenoxy) is 1. The van der Waals surface area contributed by atoms with Gasteiger partial charge >= 0.3 is 11.9 Å². The number of anilines is 2. The summed E-state index contributed by atoms with van der Waals surface area (Å²) in [5.74, 6) is -1.67. The third kappa shape index (κ3) is 5.07. The average Bonchev–Trinajstić information content (AvgIpc) is 2.74. The molecule has 0 radical (unpaired) electrons. The van der Waals surface area contributed by atoms with E-state index >= 15 is 0 Å². The number of halogens is 1. The molecule has 3 rings (SSSR count). The summed E-state index contributed by atoms with van der Waals surface area (Å²) in [4.78, 5) is 42.2. The minimum absolute atomic E-state index is 0.0199. The molecule has 1 saturated heterocycles. The zero-order valence-electron chi connectivity index (χ0n) is 16.4. The molecule has 0 spiro atoms. The highest BCUT2D eigenvalue weighted by Crippen LogP contribution is 2.27. The molecule has 0 saturated carbocycles. The van der Waals surface area contributed by atoms with Gasteiger partial charge in [0, 0.05) is 23.7 Å². The molecule has 1 amide bonds. The van der Waals surface area contributed by atoms with Crippen molar-refractivity contribution in [1.29, 1.82) is 0 Å². The summed E-state index contributed by atoms with van der Waals surface area (Å²) in [6, 6.07) is 7.81. The number of amides is 1. The van der Waals surface area contributed by atoms with Gasteiger partial charge in [-0.05, 0) is 44.0 Å². The summed E-state index contributed by atoms with van der Waals surface area (Å²) in [5, 5.41) is 12.7. The van der Waals surface area contributed by atoms with E-state index in [1.807, 2.05) is 4.90 Å². The summed E-state index contributed by atoms with van der Waals surface area (Å²) < 4.78 is 5.07. The lowest BCUT2D eigenvalue weighted by Gasteiger charge is -2.32. The van der Waals surface area contributed by atoms with Gasteiger partial charge in [0.05, 0.1) is 24.4 Å². The van der Waals surface area contributed by atoms with Gasteiger partial charge in [0.2, 0.25) is 0 Å². The summed E-state index contributed by atoms with van der Waals surface area (Å²) in [6.07, 6.45) is 2.54. The van der Waals surface area contributed by atoms with E-state index in [2.05, 4.69) is 10.3 Å². The second-order valence-electron chi connectivity index (χ2n) is 6.88. The van der Waals surface area contributed by atoms with E-state index in [0.717, 1.165) is 0 Å². The Morgan fingerprint density at radius 1 is 1.27 bits per heavy atom. The molecule has 2 heterocycles. The van der Waals surface area contributed by atoms with Crippen molar-refractivity contribution in [2.45, 2.75) is 19.8 Å². The summed E-state index contributed by atoms with van der Waals surface area (Å²) in [6.45, 7) is 3.09. The van der Waals surface area contributed by atoms with Crippen LogP contribution in [0.5, 0.6) is 0 Å². The first-order chi connectivity index (χ1) is 14.4. The van der Waals surface area contributed by atoms with Crippen LogP contribution in [0.1, 0.15) is 40.5 Å². The summed E-state index contributed by atoms with van der Waals surface area (Å²) in [5.41, 5.74) is 0.598.